The highest BCUT2D eigenvalue weighted by Gasteiger charge is 2.18. The number of hydrogen-bond donors (Lipinski definition) is 1. The number of ether oxygens (including phenoxy) is 2. The van der Waals surface area contributed by atoms with Crippen LogP contribution < -0.4 is 10.1 Å². The molecule has 1 amide bonds. The zero-order valence-electron chi connectivity index (χ0n) is 14.8. The largest absolute Gasteiger partial charge is 0.477 e. The maximum absolute atomic E-state index is 14.8. The third kappa shape index (κ3) is 3.91. The summed E-state index contributed by atoms with van der Waals surface area (Å²) >= 11 is 0. The highest BCUT2D eigenvalue weighted by molar-refractivity contribution is 6.04. The molecule has 28 heavy (non-hydrogen) atoms. The Morgan fingerprint density at radius 3 is 2.96 bits per heavy atom. The first-order valence-electron chi connectivity index (χ1n) is 8.83. The Morgan fingerprint density at radius 2 is 2.18 bits per heavy atom. The van der Waals surface area contributed by atoms with E-state index in [4.69, 9.17) is 9.47 Å². The van der Waals surface area contributed by atoms with Gasteiger partial charge in [-0.1, -0.05) is 6.07 Å². The normalized spacial score (nSPS) is 16.3. The van der Waals surface area contributed by atoms with Crippen molar-refractivity contribution in [3.05, 3.63) is 60.1 Å². The Bertz CT molecular complexity index is 1020. The van der Waals surface area contributed by atoms with E-state index in [9.17, 15) is 13.6 Å². The number of carbonyl (C=O) groups excluding carboxylic acids is 1. The maximum Gasteiger partial charge on any atom is 0.274 e. The maximum atomic E-state index is 14.8. The van der Waals surface area contributed by atoms with E-state index in [1.54, 1.807) is 12.1 Å². The molecule has 1 aliphatic rings. The number of aromatic nitrogens is 2. The Hall–Kier alpha value is -3.13. The second-order valence-corrected chi connectivity index (χ2v) is 6.51. The van der Waals surface area contributed by atoms with Crippen LogP contribution in [0.2, 0.25) is 0 Å². The van der Waals surface area contributed by atoms with Gasteiger partial charge in [0.15, 0.2) is 0 Å². The van der Waals surface area contributed by atoms with Crippen molar-refractivity contribution in [2.24, 2.45) is 5.92 Å². The predicted molar refractivity (Wildman–Crippen MR) is 98.3 cm³/mol. The van der Waals surface area contributed by atoms with Crippen LogP contribution in [0.1, 0.15) is 16.9 Å². The van der Waals surface area contributed by atoms with Gasteiger partial charge in [0.05, 0.1) is 18.6 Å². The standard InChI is InChI=1S/C20H17F2N3O3/c21-15-9-14(24-19(26)16-2-1-3-17(22)25-16)8-13-4-6-23-20(18(13)15)28-11-12-5-7-27-10-12/h1-4,6,8-9,12H,5,7,10-11H2,(H,24,26). The lowest BCUT2D eigenvalue weighted by Gasteiger charge is -2.13. The number of anilines is 1. The molecule has 144 valence electrons. The van der Waals surface area contributed by atoms with Crippen LogP contribution in [0, 0.1) is 17.7 Å². The number of carbonyl (C=O) groups is 1. The fraction of sp³-hybridized carbons (Fsp3) is 0.250. The van der Waals surface area contributed by atoms with Gasteiger partial charge in [0, 0.05) is 24.4 Å². The van der Waals surface area contributed by atoms with E-state index in [2.05, 4.69) is 15.3 Å². The Labute approximate surface area is 159 Å². The van der Waals surface area contributed by atoms with Crippen LogP contribution in [0.3, 0.4) is 0 Å². The minimum Gasteiger partial charge on any atom is -0.477 e. The number of nitrogens with zero attached hydrogens (tertiary/aromatic N) is 2. The molecule has 4 rings (SSSR count). The first-order valence-corrected chi connectivity index (χ1v) is 8.83. The van der Waals surface area contributed by atoms with Gasteiger partial charge >= 0.3 is 0 Å². The predicted octanol–water partition coefficient (Wildman–Crippen LogP) is 3.58. The number of rotatable bonds is 5. The van der Waals surface area contributed by atoms with Crippen LogP contribution in [0.5, 0.6) is 5.88 Å². The van der Waals surface area contributed by atoms with Gasteiger partial charge in [0.2, 0.25) is 11.8 Å². The molecule has 1 aromatic carbocycles. The Morgan fingerprint density at radius 1 is 1.29 bits per heavy atom. The summed E-state index contributed by atoms with van der Waals surface area (Å²) in [7, 11) is 0. The summed E-state index contributed by atoms with van der Waals surface area (Å²) in [5.41, 5.74) is 0.125. The molecule has 0 aliphatic carbocycles. The molecule has 3 aromatic rings. The first-order chi connectivity index (χ1) is 13.6. The van der Waals surface area contributed by atoms with Crippen LogP contribution in [0.25, 0.3) is 10.8 Å². The summed E-state index contributed by atoms with van der Waals surface area (Å²) in [6.45, 7) is 1.72. The van der Waals surface area contributed by atoms with Gasteiger partial charge in [-0.15, -0.1) is 0 Å². The molecule has 3 heterocycles. The number of amides is 1. The third-order valence-electron chi connectivity index (χ3n) is 4.47. The van der Waals surface area contributed by atoms with Gasteiger partial charge in [-0.05, 0) is 42.1 Å². The first kappa shape index (κ1) is 18.2. The third-order valence-corrected chi connectivity index (χ3v) is 4.47. The van der Waals surface area contributed by atoms with E-state index in [-0.39, 0.29) is 28.6 Å². The summed E-state index contributed by atoms with van der Waals surface area (Å²) in [6, 6.07) is 8.29. The van der Waals surface area contributed by atoms with Crippen molar-refractivity contribution in [2.45, 2.75) is 6.42 Å². The molecule has 1 saturated heterocycles. The number of hydrogen-bond acceptors (Lipinski definition) is 5. The fourth-order valence-electron chi connectivity index (χ4n) is 3.06. The average Bonchev–Trinajstić information content (AvgIpc) is 3.19. The SMILES string of the molecule is O=C(Nc1cc(F)c2c(OCC3CCOC3)nccc2c1)c1cccc(F)n1. The lowest BCUT2D eigenvalue weighted by Crippen LogP contribution is -2.14. The molecule has 0 spiro atoms. The van der Waals surface area contributed by atoms with Crippen molar-refractivity contribution < 1.29 is 23.0 Å². The minimum absolute atomic E-state index is 0.0990. The summed E-state index contributed by atoms with van der Waals surface area (Å²) in [6.07, 6.45) is 2.42. The minimum atomic E-state index is -0.766. The van der Waals surface area contributed by atoms with Crippen LogP contribution in [0.15, 0.2) is 42.6 Å². The van der Waals surface area contributed by atoms with Crippen molar-refractivity contribution in [3.63, 3.8) is 0 Å². The lowest BCUT2D eigenvalue weighted by atomic mass is 10.1. The molecule has 1 N–H and O–H groups in total. The van der Waals surface area contributed by atoms with Gasteiger partial charge in [-0.3, -0.25) is 4.79 Å². The number of nitrogens with one attached hydrogen (secondary N) is 1. The van der Waals surface area contributed by atoms with Crippen molar-refractivity contribution in [2.75, 3.05) is 25.1 Å². The van der Waals surface area contributed by atoms with Gasteiger partial charge in [0.1, 0.15) is 11.5 Å². The zero-order valence-corrected chi connectivity index (χ0v) is 14.8. The highest BCUT2D eigenvalue weighted by atomic mass is 19.1. The van der Waals surface area contributed by atoms with E-state index in [0.717, 1.165) is 12.5 Å². The smallest absolute Gasteiger partial charge is 0.274 e. The van der Waals surface area contributed by atoms with Crippen molar-refractivity contribution >= 4 is 22.4 Å². The van der Waals surface area contributed by atoms with Crippen molar-refractivity contribution in [1.82, 2.24) is 9.97 Å². The van der Waals surface area contributed by atoms with E-state index < -0.39 is 17.7 Å². The zero-order chi connectivity index (χ0) is 19.5. The van der Waals surface area contributed by atoms with Crippen LogP contribution in [-0.4, -0.2) is 35.7 Å². The van der Waals surface area contributed by atoms with E-state index in [0.29, 0.717) is 25.2 Å². The average molecular weight is 385 g/mol. The molecule has 0 saturated carbocycles. The van der Waals surface area contributed by atoms with Gasteiger partial charge in [0.25, 0.3) is 5.91 Å². The molecule has 1 atom stereocenters. The Balaban J connectivity index is 1.57. The van der Waals surface area contributed by atoms with Crippen LogP contribution in [0.4, 0.5) is 14.5 Å². The van der Waals surface area contributed by atoms with Gasteiger partial charge < -0.3 is 14.8 Å². The fourth-order valence-corrected chi connectivity index (χ4v) is 3.06. The molecule has 6 nitrogen and oxygen atoms in total. The molecular weight excluding hydrogens is 368 g/mol. The van der Waals surface area contributed by atoms with Crippen LogP contribution >= 0.6 is 0 Å². The molecule has 1 aliphatic heterocycles. The second-order valence-electron chi connectivity index (χ2n) is 6.51. The molecule has 0 radical (unpaired) electrons. The van der Waals surface area contributed by atoms with Gasteiger partial charge in [-0.2, -0.15) is 4.39 Å². The number of halogens is 2. The molecule has 1 unspecified atom stereocenters. The number of pyridine rings is 2. The summed E-state index contributed by atoms with van der Waals surface area (Å²) in [5, 5.41) is 3.29. The Kier molecular flexibility index (Phi) is 5.12. The molecule has 2 aromatic heterocycles. The quantitative estimate of drug-likeness (QED) is 0.680. The summed E-state index contributed by atoms with van der Waals surface area (Å²) in [4.78, 5) is 19.9. The van der Waals surface area contributed by atoms with Gasteiger partial charge in [-0.25, -0.2) is 14.4 Å². The summed E-state index contributed by atoms with van der Waals surface area (Å²) in [5.74, 6) is -1.52. The molecular formula is C20H17F2N3O3. The highest BCUT2D eigenvalue weighted by Crippen LogP contribution is 2.30. The lowest BCUT2D eigenvalue weighted by molar-refractivity contribution is 0.102. The van der Waals surface area contributed by atoms with E-state index in [1.165, 1.54) is 24.4 Å². The molecule has 1 fully saturated rings. The van der Waals surface area contributed by atoms with Crippen LogP contribution in [-0.2, 0) is 4.74 Å². The van der Waals surface area contributed by atoms with E-state index >= 15 is 0 Å². The van der Waals surface area contributed by atoms with Crippen molar-refractivity contribution in [1.29, 1.82) is 0 Å². The van der Waals surface area contributed by atoms with Crippen molar-refractivity contribution in [3.8, 4) is 5.88 Å². The van der Waals surface area contributed by atoms with E-state index in [1.807, 2.05) is 0 Å². The molecule has 0 bridgehead atoms. The number of benzene rings is 1. The monoisotopic (exact) mass is 385 g/mol. The molecule has 8 heteroatoms. The topological polar surface area (TPSA) is 73.3 Å². The number of fused-ring (bicyclic) bond motifs is 1. The summed E-state index contributed by atoms with van der Waals surface area (Å²) < 4.78 is 39.0. The second kappa shape index (κ2) is 7.85.